The Morgan fingerprint density at radius 2 is 1.57 bits per heavy atom. The molecule has 0 aliphatic carbocycles. The molecule has 0 bridgehead atoms. The highest BCUT2D eigenvalue weighted by atomic mass is 16.5. The van der Waals surface area contributed by atoms with Crippen LogP contribution in [0.1, 0.15) is 12.5 Å². The second-order valence-electron chi connectivity index (χ2n) is 5.73. The van der Waals surface area contributed by atoms with Crippen LogP contribution in [0.25, 0.3) is 6.08 Å². The van der Waals surface area contributed by atoms with E-state index in [1.807, 2.05) is 6.07 Å². The number of para-hydroxylation sites is 1. The maximum Gasteiger partial charge on any atom is 0.331 e. The standard InChI is InChI=1S/C21H23NO6/c1-14(21(24)22-16-8-6-5-7-9-16)28-19(23)11-10-15-12-17(25-2)20(27-4)18(13-15)26-3/h5-14H,1-4H3,(H,22,24)/b11-10+. The van der Waals surface area contributed by atoms with Crippen molar-refractivity contribution in [3.8, 4) is 17.2 Å². The Kier molecular flexibility index (Phi) is 7.45. The van der Waals surface area contributed by atoms with E-state index in [9.17, 15) is 9.59 Å². The summed E-state index contributed by atoms with van der Waals surface area (Å²) in [6.07, 6.45) is 1.82. The molecule has 7 nitrogen and oxygen atoms in total. The average molecular weight is 385 g/mol. The zero-order valence-corrected chi connectivity index (χ0v) is 16.2. The van der Waals surface area contributed by atoms with Crippen LogP contribution in [0.15, 0.2) is 48.5 Å². The summed E-state index contributed by atoms with van der Waals surface area (Å²) in [4.78, 5) is 24.1. The van der Waals surface area contributed by atoms with Crippen LogP contribution in [-0.2, 0) is 14.3 Å². The number of hydrogen-bond donors (Lipinski definition) is 1. The van der Waals surface area contributed by atoms with E-state index in [1.165, 1.54) is 40.4 Å². The predicted molar refractivity (Wildman–Crippen MR) is 106 cm³/mol. The Bertz CT molecular complexity index is 822. The van der Waals surface area contributed by atoms with Crippen LogP contribution in [0.2, 0.25) is 0 Å². The van der Waals surface area contributed by atoms with Crippen LogP contribution in [0.4, 0.5) is 5.69 Å². The van der Waals surface area contributed by atoms with Crippen LogP contribution in [0, 0.1) is 0 Å². The number of amides is 1. The van der Waals surface area contributed by atoms with Gasteiger partial charge in [0.05, 0.1) is 21.3 Å². The smallest absolute Gasteiger partial charge is 0.331 e. The maximum atomic E-state index is 12.1. The van der Waals surface area contributed by atoms with Gasteiger partial charge >= 0.3 is 5.97 Å². The predicted octanol–water partition coefficient (Wildman–Crippen LogP) is 3.30. The molecular formula is C21H23NO6. The van der Waals surface area contributed by atoms with Gasteiger partial charge in [-0.25, -0.2) is 4.79 Å². The molecule has 148 valence electrons. The van der Waals surface area contributed by atoms with Crippen molar-refractivity contribution in [1.82, 2.24) is 0 Å². The van der Waals surface area contributed by atoms with Gasteiger partial charge in [0.15, 0.2) is 17.6 Å². The molecule has 0 aliphatic rings. The third kappa shape index (κ3) is 5.51. The first kappa shape index (κ1) is 20.8. The lowest BCUT2D eigenvalue weighted by Crippen LogP contribution is -2.29. The van der Waals surface area contributed by atoms with E-state index in [2.05, 4.69) is 5.32 Å². The molecule has 7 heteroatoms. The highest BCUT2D eigenvalue weighted by molar-refractivity contribution is 5.96. The van der Waals surface area contributed by atoms with Crippen molar-refractivity contribution < 1.29 is 28.5 Å². The third-order valence-corrected chi connectivity index (χ3v) is 3.80. The topological polar surface area (TPSA) is 83.1 Å². The Hall–Kier alpha value is -3.48. The average Bonchev–Trinajstić information content (AvgIpc) is 2.71. The van der Waals surface area contributed by atoms with Crippen LogP contribution >= 0.6 is 0 Å². The van der Waals surface area contributed by atoms with E-state index in [-0.39, 0.29) is 0 Å². The number of carbonyl (C=O) groups excluding carboxylic acids is 2. The summed E-state index contributed by atoms with van der Waals surface area (Å²) < 4.78 is 20.9. The molecule has 0 saturated carbocycles. The quantitative estimate of drug-likeness (QED) is 0.555. The summed E-state index contributed by atoms with van der Waals surface area (Å²) in [5.41, 5.74) is 1.27. The number of nitrogens with one attached hydrogen (secondary N) is 1. The zero-order chi connectivity index (χ0) is 20.5. The molecule has 0 spiro atoms. The largest absolute Gasteiger partial charge is 0.493 e. The molecule has 0 aromatic heterocycles. The highest BCUT2D eigenvalue weighted by Gasteiger charge is 2.17. The molecule has 1 amide bonds. The van der Waals surface area contributed by atoms with Crippen LogP contribution < -0.4 is 19.5 Å². The molecule has 2 aromatic rings. The first-order valence-corrected chi connectivity index (χ1v) is 8.53. The van der Waals surface area contributed by atoms with Gasteiger partial charge in [0.2, 0.25) is 5.75 Å². The SMILES string of the molecule is COc1cc(/C=C/C(=O)OC(C)C(=O)Nc2ccccc2)cc(OC)c1OC. The summed E-state index contributed by atoms with van der Waals surface area (Å²) in [6, 6.07) is 12.3. The minimum absolute atomic E-state index is 0.416. The summed E-state index contributed by atoms with van der Waals surface area (Å²) in [5.74, 6) is 0.317. The minimum atomic E-state index is -0.947. The fourth-order valence-electron chi connectivity index (χ4n) is 2.39. The van der Waals surface area contributed by atoms with Gasteiger partial charge < -0.3 is 24.3 Å². The Balaban J connectivity index is 2.02. The molecule has 0 fully saturated rings. The van der Waals surface area contributed by atoms with Gasteiger partial charge in [-0.2, -0.15) is 0 Å². The Morgan fingerprint density at radius 1 is 0.964 bits per heavy atom. The van der Waals surface area contributed by atoms with Gasteiger partial charge in [0.1, 0.15) is 0 Å². The van der Waals surface area contributed by atoms with Crippen molar-refractivity contribution >= 4 is 23.6 Å². The van der Waals surface area contributed by atoms with Gasteiger partial charge in [-0.1, -0.05) is 18.2 Å². The molecule has 1 unspecified atom stereocenters. The van der Waals surface area contributed by atoms with E-state index in [0.717, 1.165) is 0 Å². The molecule has 2 aromatic carbocycles. The molecule has 0 heterocycles. The van der Waals surface area contributed by atoms with E-state index in [0.29, 0.717) is 28.5 Å². The van der Waals surface area contributed by atoms with E-state index in [1.54, 1.807) is 36.4 Å². The van der Waals surface area contributed by atoms with Crippen molar-refractivity contribution in [2.45, 2.75) is 13.0 Å². The molecular weight excluding hydrogens is 362 g/mol. The second kappa shape index (κ2) is 10.0. The maximum absolute atomic E-state index is 12.1. The molecule has 1 N–H and O–H groups in total. The van der Waals surface area contributed by atoms with Crippen LogP contribution in [0.3, 0.4) is 0 Å². The van der Waals surface area contributed by atoms with Crippen LogP contribution in [0.5, 0.6) is 17.2 Å². The Morgan fingerprint density at radius 3 is 2.11 bits per heavy atom. The van der Waals surface area contributed by atoms with Crippen LogP contribution in [-0.4, -0.2) is 39.3 Å². The molecule has 0 radical (unpaired) electrons. The van der Waals surface area contributed by atoms with Gasteiger partial charge in [-0.15, -0.1) is 0 Å². The summed E-state index contributed by atoms with van der Waals surface area (Å²) >= 11 is 0. The summed E-state index contributed by atoms with van der Waals surface area (Å²) in [5, 5.41) is 2.68. The summed E-state index contributed by atoms with van der Waals surface area (Å²) in [7, 11) is 4.52. The molecule has 0 aliphatic heterocycles. The highest BCUT2D eigenvalue weighted by Crippen LogP contribution is 2.38. The number of ether oxygens (including phenoxy) is 4. The first-order valence-electron chi connectivity index (χ1n) is 8.53. The zero-order valence-electron chi connectivity index (χ0n) is 16.2. The Labute approximate surface area is 163 Å². The number of methoxy groups -OCH3 is 3. The van der Waals surface area contributed by atoms with Gasteiger partial charge in [0, 0.05) is 11.8 Å². The van der Waals surface area contributed by atoms with Crippen molar-refractivity contribution in [3.63, 3.8) is 0 Å². The normalized spacial score (nSPS) is 11.6. The molecule has 28 heavy (non-hydrogen) atoms. The van der Waals surface area contributed by atoms with Crippen molar-refractivity contribution in [2.75, 3.05) is 26.6 Å². The lowest BCUT2D eigenvalue weighted by atomic mass is 10.1. The molecule has 0 saturated heterocycles. The fraction of sp³-hybridized carbons (Fsp3) is 0.238. The number of anilines is 1. The lowest BCUT2D eigenvalue weighted by Gasteiger charge is -2.13. The fourth-order valence-corrected chi connectivity index (χ4v) is 2.39. The van der Waals surface area contributed by atoms with Gasteiger partial charge in [-0.3, -0.25) is 4.79 Å². The number of benzene rings is 2. The number of hydrogen-bond acceptors (Lipinski definition) is 6. The van der Waals surface area contributed by atoms with Crippen molar-refractivity contribution in [2.24, 2.45) is 0 Å². The van der Waals surface area contributed by atoms with Gasteiger partial charge in [0.25, 0.3) is 5.91 Å². The van der Waals surface area contributed by atoms with E-state index >= 15 is 0 Å². The summed E-state index contributed by atoms with van der Waals surface area (Å²) in [6.45, 7) is 1.50. The minimum Gasteiger partial charge on any atom is -0.493 e. The number of carbonyl (C=O) groups is 2. The monoisotopic (exact) mass is 385 g/mol. The molecule has 2 rings (SSSR count). The van der Waals surface area contributed by atoms with Crippen molar-refractivity contribution in [1.29, 1.82) is 0 Å². The van der Waals surface area contributed by atoms with Crippen molar-refractivity contribution in [3.05, 3.63) is 54.1 Å². The third-order valence-electron chi connectivity index (χ3n) is 3.80. The molecule has 1 atom stereocenters. The van der Waals surface area contributed by atoms with E-state index in [4.69, 9.17) is 18.9 Å². The van der Waals surface area contributed by atoms with Gasteiger partial charge in [-0.05, 0) is 42.8 Å². The van der Waals surface area contributed by atoms with E-state index < -0.39 is 18.0 Å². The lowest BCUT2D eigenvalue weighted by molar-refractivity contribution is -0.148. The number of esters is 1. The first-order chi connectivity index (χ1) is 13.5. The number of rotatable bonds is 8. The second-order valence-corrected chi connectivity index (χ2v) is 5.73.